The van der Waals surface area contributed by atoms with Crippen LogP contribution in [0.4, 0.5) is 0 Å². The highest BCUT2D eigenvalue weighted by Gasteiger charge is 2.24. The molecule has 1 fully saturated rings. The molecule has 1 aliphatic rings. The summed E-state index contributed by atoms with van der Waals surface area (Å²) in [5.41, 5.74) is 0.577. The molecule has 0 aromatic heterocycles. The minimum Gasteiger partial charge on any atom is -0.497 e. The van der Waals surface area contributed by atoms with Crippen LogP contribution in [0.25, 0.3) is 0 Å². The number of hydrogen-bond acceptors (Lipinski definition) is 5. The number of benzene rings is 1. The number of amides is 1. The summed E-state index contributed by atoms with van der Waals surface area (Å²) in [6, 6.07) is 5.28. The van der Waals surface area contributed by atoms with Gasteiger partial charge in [0, 0.05) is 45.9 Å². The molecule has 0 unspecified atom stereocenters. The van der Waals surface area contributed by atoms with Crippen molar-refractivity contribution in [2.45, 2.75) is 0 Å². The van der Waals surface area contributed by atoms with Gasteiger partial charge in [0.15, 0.2) is 0 Å². The van der Waals surface area contributed by atoms with Gasteiger partial charge in [-0.25, -0.2) is 0 Å². The maximum Gasteiger partial charge on any atom is 0.257 e. The molecule has 1 aliphatic heterocycles. The number of ether oxygens (including phenoxy) is 3. The molecule has 1 aromatic carbocycles. The fourth-order valence-corrected chi connectivity index (χ4v) is 2.54. The van der Waals surface area contributed by atoms with Crippen molar-refractivity contribution in [3.8, 4) is 11.5 Å². The second-order valence-electron chi connectivity index (χ2n) is 5.19. The fraction of sp³-hybridized carbons (Fsp3) is 0.562. The highest BCUT2D eigenvalue weighted by atomic mass is 16.5. The van der Waals surface area contributed by atoms with Crippen LogP contribution in [0.3, 0.4) is 0 Å². The smallest absolute Gasteiger partial charge is 0.257 e. The summed E-state index contributed by atoms with van der Waals surface area (Å²) in [7, 11) is 4.86. The second-order valence-corrected chi connectivity index (χ2v) is 5.19. The van der Waals surface area contributed by atoms with Gasteiger partial charge in [-0.15, -0.1) is 0 Å². The molecule has 1 amide bonds. The summed E-state index contributed by atoms with van der Waals surface area (Å²) in [6.45, 7) is 4.81. The minimum absolute atomic E-state index is 0.00546. The molecule has 122 valence electrons. The zero-order valence-electron chi connectivity index (χ0n) is 13.5. The number of carbonyl (C=O) groups is 1. The lowest BCUT2D eigenvalue weighted by molar-refractivity contribution is 0.0591. The van der Waals surface area contributed by atoms with E-state index in [1.807, 2.05) is 4.90 Å². The van der Waals surface area contributed by atoms with Crippen LogP contribution < -0.4 is 9.47 Å². The molecule has 1 aromatic rings. The molecule has 0 N–H and O–H groups in total. The Bertz CT molecular complexity index is 499. The van der Waals surface area contributed by atoms with E-state index >= 15 is 0 Å². The third kappa shape index (κ3) is 3.90. The van der Waals surface area contributed by atoms with Crippen LogP contribution >= 0.6 is 0 Å². The first-order chi connectivity index (χ1) is 10.7. The summed E-state index contributed by atoms with van der Waals surface area (Å²) in [6.07, 6.45) is 0. The third-order valence-corrected chi connectivity index (χ3v) is 3.91. The van der Waals surface area contributed by atoms with Crippen LogP contribution in [0.2, 0.25) is 0 Å². The average molecular weight is 308 g/mol. The molecule has 0 radical (unpaired) electrons. The summed E-state index contributed by atoms with van der Waals surface area (Å²) in [5, 5.41) is 0. The maximum absolute atomic E-state index is 12.7. The third-order valence-electron chi connectivity index (χ3n) is 3.91. The first-order valence-electron chi connectivity index (χ1n) is 7.42. The molecule has 0 spiro atoms. The molecular weight excluding hydrogens is 284 g/mol. The van der Waals surface area contributed by atoms with Gasteiger partial charge in [0.1, 0.15) is 11.5 Å². The second kappa shape index (κ2) is 8.00. The fourth-order valence-electron chi connectivity index (χ4n) is 2.54. The van der Waals surface area contributed by atoms with Crippen molar-refractivity contribution >= 4 is 5.91 Å². The van der Waals surface area contributed by atoms with Gasteiger partial charge in [-0.3, -0.25) is 9.69 Å². The molecule has 6 nitrogen and oxygen atoms in total. The predicted molar refractivity (Wildman–Crippen MR) is 83.8 cm³/mol. The van der Waals surface area contributed by atoms with Gasteiger partial charge >= 0.3 is 0 Å². The largest absolute Gasteiger partial charge is 0.497 e. The zero-order valence-corrected chi connectivity index (χ0v) is 13.5. The Kier molecular flexibility index (Phi) is 6.03. The van der Waals surface area contributed by atoms with E-state index in [4.69, 9.17) is 14.2 Å². The molecule has 0 atom stereocenters. The van der Waals surface area contributed by atoms with Crippen molar-refractivity contribution in [1.29, 1.82) is 0 Å². The van der Waals surface area contributed by atoms with E-state index in [-0.39, 0.29) is 5.91 Å². The molecule has 1 saturated heterocycles. The molecule has 0 bridgehead atoms. The van der Waals surface area contributed by atoms with Gasteiger partial charge in [-0.05, 0) is 12.1 Å². The van der Waals surface area contributed by atoms with Crippen molar-refractivity contribution < 1.29 is 19.0 Å². The molecule has 1 heterocycles. The van der Waals surface area contributed by atoms with Crippen molar-refractivity contribution in [2.24, 2.45) is 0 Å². The van der Waals surface area contributed by atoms with E-state index in [1.165, 1.54) is 0 Å². The van der Waals surface area contributed by atoms with Gasteiger partial charge in [-0.2, -0.15) is 0 Å². The molecule has 22 heavy (non-hydrogen) atoms. The molecule has 0 aliphatic carbocycles. The van der Waals surface area contributed by atoms with Gasteiger partial charge in [0.05, 0.1) is 26.4 Å². The lowest BCUT2D eigenvalue weighted by Crippen LogP contribution is -2.49. The lowest BCUT2D eigenvalue weighted by Gasteiger charge is -2.34. The summed E-state index contributed by atoms with van der Waals surface area (Å²) in [5.74, 6) is 1.23. The topological polar surface area (TPSA) is 51.2 Å². The predicted octanol–water partition coefficient (Wildman–Crippen LogP) is 1.11. The number of methoxy groups -OCH3 is 3. The van der Waals surface area contributed by atoms with Gasteiger partial charge in [-0.1, -0.05) is 0 Å². The molecule has 2 rings (SSSR count). The quantitative estimate of drug-likeness (QED) is 0.788. The van der Waals surface area contributed by atoms with E-state index in [9.17, 15) is 4.79 Å². The molecular formula is C16H24N2O4. The van der Waals surface area contributed by atoms with E-state index in [0.29, 0.717) is 17.1 Å². The van der Waals surface area contributed by atoms with Crippen molar-refractivity contribution in [3.63, 3.8) is 0 Å². The summed E-state index contributed by atoms with van der Waals surface area (Å²) in [4.78, 5) is 16.8. The first kappa shape index (κ1) is 16.6. The van der Waals surface area contributed by atoms with E-state index < -0.39 is 0 Å². The average Bonchev–Trinajstić information content (AvgIpc) is 2.59. The zero-order chi connectivity index (χ0) is 15.9. The normalized spacial score (nSPS) is 15.7. The van der Waals surface area contributed by atoms with Gasteiger partial charge in [0.25, 0.3) is 5.91 Å². The number of nitrogens with zero attached hydrogens (tertiary/aromatic N) is 2. The Labute approximate surface area is 131 Å². The Hall–Kier alpha value is -1.79. The lowest BCUT2D eigenvalue weighted by atomic mass is 10.1. The van der Waals surface area contributed by atoms with E-state index in [2.05, 4.69) is 4.90 Å². The van der Waals surface area contributed by atoms with Crippen LogP contribution in [0.1, 0.15) is 10.4 Å². The molecule has 6 heteroatoms. The van der Waals surface area contributed by atoms with Crippen LogP contribution in [-0.2, 0) is 4.74 Å². The minimum atomic E-state index is 0.00546. The van der Waals surface area contributed by atoms with Crippen molar-refractivity contribution in [2.75, 3.05) is 60.7 Å². The number of rotatable bonds is 6. The van der Waals surface area contributed by atoms with Crippen LogP contribution in [0.5, 0.6) is 11.5 Å². The monoisotopic (exact) mass is 308 g/mol. The number of hydrogen-bond donors (Lipinski definition) is 0. The van der Waals surface area contributed by atoms with Crippen molar-refractivity contribution in [3.05, 3.63) is 23.8 Å². The summed E-state index contributed by atoms with van der Waals surface area (Å²) >= 11 is 0. The standard InChI is InChI=1S/C16H24N2O4/c1-20-11-10-17-6-8-18(9-7-17)16(19)14-5-4-13(21-2)12-15(14)22-3/h4-5,12H,6-11H2,1-3H3. The van der Waals surface area contributed by atoms with Crippen LogP contribution in [-0.4, -0.2) is 76.4 Å². The highest BCUT2D eigenvalue weighted by molar-refractivity contribution is 5.97. The van der Waals surface area contributed by atoms with Gasteiger partial charge < -0.3 is 19.1 Å². The molecule has 0 saturated carbocycles. The van der Waals surface area contributed by atoms with E-state index in [0.717, 1.165) is 39.3 Å². The highest BCUT2D eigenvalue weighted by Crippen LogP contribution is 2.26. The Morgan fingerprint density at radius 2 is 1.82 bits per heavy atom. The van der Waals surface area contributed by atoms with Crippen molar-refractivity contribution in [1.82, 2.24) is 9.80 Å². The van der Waals surface area contributed by atoms with E-state index in [1.54, 1.807) is 39.5 Å². The number of carbonyl (C=O) groups excluding carboxylic acids is 1. The van der Waals surface area contributed by atoms with Crippen LogP contribution in [0, 0.1) is 0 Å². The Balaban J connectivity index is 2.00. The van der Waals surface area contributed by atoms with Gasteiger partial charge in [0.2, 0.25) is 0 Å². The number of piperazine rings is 1. The SMILES string of the molecule is COCCN1CCN(C(=O)c2ccc(OC)cc2OC)CC1. The maximum atomic E-state index is 12.7. The Morgan fingerprint density at radius 1 is 1.09 bits per heavy atom. The first-order valence-corrected chi connectivity index (χ1v) is 7.42. The summed E-state index contributed by atoms with van der Waals surface area (Å²) < 4.78 is 15.6. The Morgan fingerprint density at radius 3 is 2.41 bits per heavy atom. The van der Waals surface area contributed by atoms with Crippen LogP contribution in [0.15, 0.2) is 18.2 Å².